The van der Waals surface area contributed by atoms with Crippen LogP contribution in [0.4, 0.5) is 5.69 Å². The molecule has 3 rings (SSSR count). The van der Waals surface area contributed by atoms with Crippen LogP contribution in [0.3, 0.4) is 0 Å². The van der Waals surface area contributed by atoms with Crippen molar-refractivity contribution in [3.8, 4) is 17.2 Å². The summed E-state index contributed by atoms with van der Waals surface area (Å²) in [4.78, 5) is 14.2. The second-order valence-corrected chi connectivity index (χ2v) is 5.75. The van der Waals surface area contributed by atoms with E-state index in [2.05, 4.69) is 10.2 Å². The third-order valence-electron chi connectivity index (χ3n) is 4.25. The molecule has 0 unspecified atom stereocenters. The molecule has 25 heavy (non-hydrogen) atoms. The summed E-state index contributed by atoms with van der Waals surface area (Å²) < 4.78 is 16.6. The van der Waals surface area contributed by atoms with Gasteiger partial charge in [-0.25, -0.2) is 0 Å². The van der Waals surface area contributed by atoms with Crippen molar-refractivity contribution < 1.29 is 19.0 Å². The van der Waals surface area contributed by atoms with Gasteiger partial charge in [0.15, 0.2) is 6.10 Å². The first-order chi connectivity index (χ1) is 12.2. The fraction of sp³-hybridized carbons (Fsp3) is 0.316. The van der Waals surface area contributed by atoms with Gasteiger partial charge in [-0.1, -0.05) is 12.1 Å². The highest BCUT2D eigenvalue weighted by Gasteiger charge is 2.30. The van der Waals surface area contributed by atoms with Crippen LogP contribution in [-0.2, 0) is 11.3 Å². The van der Waals surface area contributed by atoms with Crippen LogP contribution in [0.1, 0.15) is 5.56 Å². The van der Waals surface area contributed by atoms with Crippen LogP contribution in [-0.4, -0.2) is 39.8 Å². The lowest BCUT2D eigenvalue weighted by Gasteiger charge is -2.35. The average Bonchev–Trinajstić information content (AvgIpc) is 2.67. The van der Waals surface area contributed by atoms with Crippen molar-refractivity contribution in [3.63, 3.8) is 0 Å². The summed E-state index contributed by atoms with van der Waals surface area (Å²) in [6, 6.07) is 13.4. The maximum atomic E-state index is 12.1. The number of nitrogens with zero attached hydrogens (tertiary/aromatic N) is 1. The SMILES string of the molecule is CNC(=O)[C@@H]1CN(Cc2cc(OC)ccc2OC)c2ccccc2O1. The molecule has 6 heteroatoms. The van der Waals surface area contributed by atoms with E-state index in [0.717, 1.165) is 22.7 Å². The van der Waals surface area contributed by atoms with Crippen LogP contribution in [0.5, 0.6) is 17.2 Å². The zero-order chi connectivity index (χ0) is 17.8. The Labute approximate surface area is 147 Å². The Kier molecular flexibility index (Phi) is 4.97. The maximum absolute atomic E-state index is 12.1. The molecule has 0 bridgehead atoms. The predicted molar refractivity (Wildman–Crippen MR) is 95.5 cm³/mol. The van der Waals surface area contributed by atoms with Crippen molar-refractivity contribution in [3.05, 3.63) is 48.0 Å². The van der Waals surface area contributed by atoms with Gasteiger partial charge < -0.3 is 24.4 Å². The van der Waals surface area contributed by atoms with E-state index in [1.165, 1.54) is 0 Å². The van der Waals surface area contributed by atoms with Crippen molar-refractivity contribution in [2.75, 3.05) is 32.7 Å². The Morgan fingerprint density at radius 1 is 1.24 bits per heavy atom. The number of methoxy groups -OCH3 is 2. The van der Waals surface area contributed by atoms with Crippen LogP contribution >= 0.6 is 0 Å². The summed E-state index contributed by atoms with van der Waals surface area (Å²) in [7, 11) is 4.89. The van der Waals surface area contributed by atoms with Crippen LogP contribution in [0.25, 0.3) is 0 Å². The molecule has 132 valence electrons. The molecular weight excluding hydrogens is 320 g/mol. The van der Waals surface area contributed by atoms with Crippen LogP contribution < -0.4 is 24.4 Å². The number of carbonyl (C=O) groups excluding carboxylic acids is 1. The molecule has 0 saturated carbocycles. The second kappa shape index (κ2) is 7.34. The smallest absolute Gasteiger partial charge is 0.262 e. The number of fused-ring (bicyclic) bond motifs is 1. The fourth-order valence-corrected chi connectivity index (χ4v) is 2.97. The van der Waals surface area contributed by atoms with E-state index in [4.69, 9.17) is 14.2 Å². The molecule has 1 aliphatic heterocycles. The number of para-hydroxylation sites is 2. The van der Waals surface area contributed by atoms with Gasteiger partial charge in [0.05, 0.1) is 26.5 Å². The van der Waals surface area contributed by atoms with Crippen molar-refractivity contribution in [2.45, 2.75) is 12.6 Å². The van der Waals surface area contributed by atoms with Gasteiger partial charge in [0.2, 0.25) is 0 Å². The Morgan fingerprint density at radius 3 is 2.76 bits per heavy atom. The highest BCUT2D eigenvalue weighted by atomic mass is 16.5. The summed E-state index contributed by atoms with van der Waals surface area (Å²) in [5.74, 6) is 2.10. The maximum Gasteiger partial charge on any atom is 0.262 e. The first kappa shape index (κ1) is 17.0. The van der Waals surface area contributed by atoms with E-state index in [1.54, 1.807) is 21.3 Å². The van der Waals surface area contributed by atoms with Gasteiger partial charge in [-0.05, 0) is 30.3 Å². The van der Waals surface area contributed by atoms with Crippen LogP contribution in [0.15, 0.2) is 42.5 Å². The van der Waals surface area contributed by atoms with Crippen molar-refractivity contribution in [2.24, 2.45) is 0 Å². The van der Waals surface area contributed by atoms with Crippen molar-refractivity contribution in [1.82, 2.24) is 5.32 Å². The third-order valence-corrected chi connectivity index (χ3v) is 4.25. The summed E-state index contributed by atoms with van der Waals surface area (Å²) in [5, 5.41) is 2.66. The number of hydrogen-bond acceptors (Lipinski definition) is 5. The Balaban J connectivity index is 1.94. The molecule has 1 N–H and O–H groups in total. The summed E-state index contributed by atoms with van der Waals surface area (Å²) in [6.45, 7) is 1.03. The zero-order valence-corrected chi connectivity index (χ0v) is 14.6. The highest BCUT2D eigenvalue weighted by Crippen LogP contribution is 2.35. The van der Waals surface area contributed by atoms with Crippen LogP contribution in [0.2, 0.25) is 0 Å². The number of nitrogens with one attached hydrogen (secondary N) is 1. The Hall–Kier alpha value is -2.89. The minimum atomic E-state index is -0.559. The molecule has 0 saturated heterocycles. The summed E-state index contributed by atoms with van der Waals surface area (Å²) in [5.41, 5.74) is 1.93. The van der Waals surface area contributed by atoms with E-state index < -0.39 is 6.10 Å². The zero-order valence-electron chi connectivity index (χ0n) is 14.6. The topological polar surface area (TPSA) is 60.0 Å². The van der Waals surface area contributed by atoms with Gasteiger partial charge in [-0.3, -0.25) is 4.79 Å². The molecule has 1 amide bonds. The normalized spacial score (nSPS) is 15.8. The number of benzene rings is 2. The van der Waals surface area contributed by atoms with Gasteiger partial charge in [0.1, 0.15) is 17.2 Å². The molecule has 1 atom stereocenters. The third kappa shape index (κ3) is 3.47. The molecule has 2 aromatic rings. The van der Waals surface area contributed by atoms with Crippen molar-refractivity contribution in [1.29, 1.82) is 0 Å². The molecule has 2 aromatic carbocycles. The van der Waals surface area contributed by atoms with Gasteiger partial charge >= 0.3 is 0 Å². The largest absolute Gasteiger partial charge is 0.497 e. The van der Waals surface area contributed by atoms with Gasteiger partial charge in [-0.15, -0.1) is 0 Å². The number of carbonyl (C=O) groups is 1. The molecule has 6 nitrogen and oxygen atoms in total. The first-order valence-corrected chi connectivity index (χ1v) is 8.09. The molecular formula is C19H22N2O4. The minimum absolute atomic E-state index is 0.142. The van der Waals surface area contributed by atoms with Crippen molar-refractivity contribution >= 4 is 11.6 Å². The van der Waals surface area contributed by atoms with Gasteiger partial charge in [0, 0.05) is 19.2 Å². The number of anilines is 1. The molecule has 0 spiro atoms. The lowest BCUT2D eigenvalue weighted by atomic mass is 10.1. The molecule has 1 heterocycles. The Morgan fingerprint density at radius 2 is 2.04 bits per heavy atom. The monoisotopic (exact) mass is 342 g/mol. The second-order valence-electron chi connectivity index (χ2n) is 5.75. The summed E-state index contributed by atoms with van der Waals surface area (Å²) >= 11 is 0. The lowest BCUT2D eigenvalue weighted by Crippen LogP contribution is -2.47. The van der Waals surface area contributed by atoms with E-state index in [0.29, 0.717) is 18.8 Å². The van der Waals surface area contributed by atoms with E-state index in [9.17, 15) is 4.79 Å². The quantitative estimate of drug-likeness (QED) is 0.903. The average molecular weight is 342 g/mol. The minimum Gasteiger partial charge on any atom is -0.497 e. The fourth-order valence-electron chi connectivity index (χ4n) is 2.97. The number of ether oxygens (including phenoxy) is 3. The lowest BCUT2D eigenvalue weighted by molar-refractivity contribution is -0.127. The van der Waals surface area contributed by atoms with Gasteiger partial charge in [-0.2, -0.15) is 0 Å². The Bertz CT molecular complexity index is 763. The standard InChI is InChI=1S/C19H22N2O4/c1-20-19(22)18-12-21(15-6-4-5-7-17(15)25-18)11-13-10-14(23-2)8-9-16(13)24-3/h4-10,18H,11-12H2,1-3H3,(H,20,22)/t18-/m0/s1. The molecule has 1 aliphatic rings. The summed E-state index contributed by atoms with van der Waals surface area (Å²) in [6.07, 6.45) is -0.559. The van der Waals surface area contributed by atoms with E-state index >= 15 is 0 Å². The molecule has 0 aromatic heterocycles. The first-order valence-electron chi connectivity index (χ1n) is 8.09. The van der Waals surface area contributed by atoms with Gasteiger partial charge in [0.25, 0.3) is 5.91 Å². The number of rotatable bonds is 5. The molecule has 0 aliphatic carbocycles. The molecule has 0 fully saturated rings. The number of hydrogen-bond donors (Lipinski definition) is 1. The number of amides is 1. The van der Waals surface area contributed by atoms with E-state index in [-0.39, 0.29) is 5.91 Å². The number of likely N-dealkylation sites (N-methyl/N-ethyl adjacent to an activating group) is 1. The highest BCUT2D eigenvalue weighted by molar-refractivity contribution is 5.83. The van der Waals surface area contributed by atoms with Crippen LogP contribution in [0, 0.1) is 0 Å². The predicted octanol–water partition coefficient (Wildman–Crippen LogP) is 2.22. The molecule has 0 radical (unpaired) electrons. The van der Waals surface area contributed by atoms with E-state index in [1.807, 2.05) is 42.5 Å².